The van der Waals surface area contributed by atoms with Gasteiger partial charge in [0.2, 0.25) is 11.6 Å². The van der Waals surface area contributed by atoms with Crippen LogP contribution in [0.1, 0.15) is 0 Å². The summed E-state index contributed by atoms with van der Waals surface area (Å²) in [5, 5.41) is 9.34. The number of ketones is 2. The number of benzene rings is 2. The Morgan fingerprint density at radius 1 is 0.675 bits per heavy atom. The number of anilines is 4. The molecule has 0 fully saturated rings. The molecule has 2 aromatic carbocycles. The van der Waals surface area contributed by atoms with E-state index in [-0.39, 0.29) is 48.9 Å². The molecule has 0 spiro atoms. The molecule has 0 aliphatic heterocycles. The maximum Gasteiger partial charge on any atom is 0.296 e. The van der Waals surface area contributed by atoms with Crippen molar-refractivity contribution >= 4 is 77.8 Å². The fraction of sp³-hybridized carbons (Fsp3) is 0.182. The van der Waals surface area contributed by atoms with E-state index in [0.717, 1.165) is 12.1 Å². The Hall–Kier alpha value is -3.22. The standard InChI is InChI=1S/C22H24Cl2N6O8S2/c23-17-19(29-11-1-3-13(27-7-5-25)15(9-11)39(33,34)35)21(31)18(24)20(22(17)32)30-12-2-4-14(28-8-6-26)16(10-12)40(36,37)38/h1-4,9-10,27-30H,5-8,25-26H2,(H,33,34,35)(H,36,37,38). The summed E-state index contributed by atoms with van der Waals surface area (Å²) in [6, 6.07) is 7.31. The lowest BCUT2D eigenvalue weighted by atomic mass is 10.0. The molecular formula is C22H24Cl2N6O8S2. The Morgan fingerprint density at radius 3 is 1.32 bits per heavy atom. The van der Waals surface area contributed by atoms with E-state index in [0.29, 0.717) is 0 Å². The van der Waals surface area contributed by atoms with Gasteiger partial charge >= 0.3 is 0 Å². The van der Waals surface area contributed by atoms with Crippen molar-refractivity contribution in [2.75, 3.05) is 47.4 Å². The van der Waals surface area contributed by atoms with Gasteiger partial charge in [-0.05, 0) is 36.4 Å². The van der Waals surface area contributed by atoms with Crippen LogP contribution in [0.4, 0.5) is 22.7 Å². The summed E-state index contributed by atoms with van der Waals surface area (Å²) >= 11 is 12.4. The molecule has 1 aliphatic rings. The number of carbonyl (C=O) groups excluding carboxylic acids is 2. The van der Waals surface area contributed by atoms with E-state index in [1.807, 2.05) is 0 Å². The summed E-state index contributed by atoms with van der Waals surface area (Å²) in [5.74, 6) is -1.91. The van der Waals surface area contributed by atoms with Gasteiger partial charge in [0, 0.05) is 37.6 Å². The van der Waals surface area contributed by atoms with E-state index in [1.54, 1.807) is 0 Å². The van der Waals surface area contributed by atoms with Crippen LogP contribution in [-0.4, -0.2) is 63.7 Å². The molecule has 2 aromatic rings. The fourth-order valence-corrected chi connectivity index (χ4v) is 5.33. The normalized spacial score (nSPS) is 14.4. The SMILES string of the molecule is NCCNc1ccc(NC2=C(Cl)C(=O)C(Nc3ccc(NCCN)c(S(=O)(=O)O)c3)=C(Cl)C2=O)cc1S(=O)(=O)O. The second-order valence-electron chi connectivity index (χ2n) is 8.09. The first-order valence-electron chi connectivity index (χ1n) is 11.2. The molecule has 18 heteroatoms. The Kier molecular flexibility index (Phi) is 9.81. The Labute approximate surface area is 239 Å². The molecule has 3 rings (SSSR count). The zero-order chi connectivity index (χ0) is 29.8. The molecule has 0 bridgehead atoms. The first kappa shape index (κ1) is 31.3. The zero-order valence-corrected chi connectivity index (χ0v) is 23.5. The van der Waals surface area contributed by atoms with Crippen LogP contribution in [0.5, 0.6) is 0 Å². The second kappa shape index (κ2) is 12.5. The average molecular weight is 636 g/mol. The minimum atomic E-state index is -4.70. The Balaban J connectivity index is 1.94. The number of rotatable bonds is 12. The van der Waals surface area contributed by atoms with E-state index in [1.165, 1.54) is 24.3 Å². The van der Waals surface area contributed by atoms with Crippen LogP contribution >= 0.6 is 23.2 Å². The van der Waals surface area contributed by atoms with Crippen molar-refractivity contribution in [1.29, 1.82) is 0 Å². The number of hydrogen-bond donors (Lipinski definition) is 8. The van der Waals surface area contributed by atoms with Crippen molar-refractivity contribution in [3.8, 4) is 0 Å². The number of nitrogens with one attached hydrogen (secondary N) is 4. The predicted molar refractivity (Wildman–Crippen MR) is 151 cm³/mol. The van der Waals surface area contributed by atoms with Crippen molar-refractivity contribution in [3.63, 3.8) is 0 Å². The third kappa shape index (κ3) is 7.10. The van der Waals surface area contributed by atoms with Gasteiger partial charge in [-0.15, -0.1) is 0 Å². The molecule has 0 radical (unpaired) electrons. The van der Waals surface area contributed by atoms with Crippen molar-refractivity contribution in [3.05, 3.63) is 57.9 Å². The van der Waals surface area contributed by atoms with Gasteiger partial charge in [0.25, 0.3) is 20.2 Å². The lowest BCUT2D eigenvalue weighted by Crippen LogP contribution is -2.27. The molecule has 0 saturated heterocycles. The molecule has 0 unspecified atom stereocenters. The third-order valence-electron chi connectivity index (χ3n) is 5.27. The molecule has 0 amide bonds. The van der Waals surface area contributed by atoms with Crippen LogP contribution in [0.15, 0.2) is 67.6 Å². The highest BCUT2D eigenvalue weighted by molar-refractivity contribution is 7.86. The smallest absolute Gasteiger partial charge is 0.296 e. The van der Waals surface area contributed by atoms with Gasteiger partial charge in [0.15, 0.2) is 0 Å². The van der Waals surface area contributed by atoms with Crippen LogP contribution < -0.4 is 32.7 Å². The van der Waals surface area contributed by atoms with Crippen LogP contribution in [0.2, 0.25) is 0 Å². The molecule has 216 valence electrons. The Bertz CT molecular complexity index is 1520. The van der Waals surface area contributed by atoms with Crippen LogP contribution in [-0.2, 0) is 29.8 Å². The van der Waals surface area contributed by atoms with Crippen molar-refractivity contribution in [2.24, 2.45) is 11.5 Å². The van der Waals surface area contributed by atoms with Crippen molar-refractivity contribution in [1.82, 2.24) is 0 Å². The number of Topliss-reactive ketones (excluding diaryl/α,β-unsaturated/α-hetero) is 2. The van der Waals surface area contributed by atoms with Gasteiger partial charge in [-0.25, -0.2) is 0 Å². The monoisotopic (exact) mass is 634 g/mol. The molecule has 0 saturated carbocycles. The molecule has 0 aromatic heterocycles. The van der Waals surface area contributed by atoms with E-state index < -0.39 is 63.1 Å². The highest BCUT2D eigenvalue weighted by Crippen LogP contribution is 2.34. The topological polar surface area (TPSA) is 243 Å². The quantitative estimate of drug-likeness (QED) is 0.122. The van der Waals surface area contributed by atoms with Gasteiger partial charge in [-0.3, -0.25) is 18.7 Å². The summed E-state index contributed by atoms with van der Waals surface area (Å²) in [6.45, 7) is 0.761. The molecule has 0 atom stereocenters. The third-order valence-corrected chi connectivity index (χ3v) is 7.78. The lowest BCUT2D eigenvalue weighted by molar-refractivity contribution is -0.115. The summed E-state index contributed by atoms with van der Waals surface area (Å²) in [6.07, 6.45) is 0. The number of allylic oxidation sites excluding steroid dienone is 2. The first-order chi connectivity index (χ1) is 18.7. The molecule has 1 aliphatic carbocycles. The van der Waals surface area contributed by atoms with Gasteiger partial charge in [-0.1, -0.05) is 23.2 Å². The minimum absolute atomic E-state index is 0.0283. The fourth-order valence-electron chi connectivity index (χ4n) is 3.49. The van der Waals surface area contributed by atoms with Crippen molar-refractivity contribution < 1.29 is 35.5 Å². The van der Waals surface area contributed by atoms with Gasteiger partial charge < -0.3 is 32.7 Å². The summed E-state index contributed by atoms with van der Waals surface area (Å²) in [5.41, 5.74) is 9.89. The summed E-state index contributed by atoms with van der Waals surface area (Å²) in [7, 11) is -9.41. The number of halogens is 2. The largest absolute Gasteiger partial charge is 0.383 e. The van der Waals surface area contributed by atoms with Gasteiger partial charge in [0.05, 0.1) is 11.4 Å². The minimum Gasteiger partial charge on any atom is -0.383 e. The van der Waals surface area contributed by atoms with E-state index in [2.05, 4.69) is 21.3 Å². The van der Waals surface area contributed by atoms with Gasteiger partial charge in [-0.2, -0.15) is 16.8 Å². The summed E-state index contributed by atoms with van der Waals surface area (Å²) < 4.78 is 66.7. The van der Waals surface area contributed by atoms with E-state index in [9.17, 15) is 35.5 Å². The molecule has 14 nitrogen and oxygen atoms in total. The van der Waals surface area contributed by atoms with Gasteiger partial charge in [0.1, 0.15) is 31.2 Å². The predicted octanol–water partition coefficient (Wildman–Crippen LogP) is 1.50. The molecule has 10 N–H and O–H groups in total. The van der Waals surface area contributed by atoms with Crippen LogP contribution in [0.25, 0.3) is 0 Å². The lowest BCUT2D eigenvalue weighted by Gasteiger charge is -2.21. The van der Waals surface area contributed by atoms with Crippen LogP contribution in [0, 0.1) is 0 Å². The molecule has 0 heterocycles. The molecule has 40 heavy (non-hydrogen) atoms. The highest BCUT2D eigenvalue weighted by Gasteiger charge is 2.34. The second-order valence-corrected chi connectivity index (χ2v) is 11.6. The van der Waals surface area contributed by atoms with E-state index in [4.69, 9.17) is 34.7 Å². The van der Waals surface area contributed by atoms with E-state index >= 15 is 0 Å². The first-order valence-corrected chi connectivity index (χ1v) is 14.9. The highest BCUT2D eigenvalue weighted by atomic mass is 35.5. The van der Waals surface area contributed by atoms with Crippen LogP contribution in [0.3, 0.4) is 0 Å². The Morgan fingerprint density at radius 2 is 1.02 bits per heavy atom. The van der Waals surface area contributed by atoms with Crippen molar-refractivity contribution in [2.45, 2.75) is 9.79 Å². The number of hydrogen-bond acceptors (Lipinski definition) is 12. The average Bonchev–Trinajstić information content (AvgIpc) is 2.89. The summed E-state index contributed by atoms with van der Waals surface area (Å²) in [4.78, 5) is 25.0. The zero-order valence-electron chi connectivity index (χ0n) is 20.4. The molecular weight excluding hydrogens is 611 g/mol. The number of carbonyl (C=O) groups is 2. The number of nitrogens with two attached hydrogens (primary N) is 2. The maximum absolute atomic E-state index is 13.0. The maximum atomic E-state index is 13.0.